The molecule has 0 heterocycles. The van der Waals surface area contributed by atoms with E-state index < -0.39 is 5.82 Å². The summed E-state index contributed by atoms with van der Waals surface area (Å²) in [6.45, 7) is 0.839. The van der Waals surface area contributed by atoms with E-state index in [0.717, 1.165) is 5.56 Å². The molecule has 0 saturated heterocycles. The van der Waals surface area contributed by atoms with Crippen molar-refractivity contribution in [1.29, 1.82) is 5.26 Å². The highest BCUT2D eigenvalue weighted by Crippen LogP contribution is 2.18. The molecule has 22 heavy (non-hydrogen) atoms. The molecule has 0 aliphatic heterocycles. The van der Waals surface area contributed by atoms with Gasteiger partial charge in [0.25, 0.3) is 0 Å². The van der Waals surface area contributed by atoms with Gasteiger partial charge in [-0.15, -0.1) is 0 Å². The zero-order valence-corrected chi connectivity index (χ0v) is 12.5. The topological polar surface area (TPSA) is 39.1 Å². The SMILES string of the molecule is CN(C)Cc1ccc(CNc2ccc(C#N)cc2F)cc1F. The first-order chi connectivity index (χ1) is 10.5. The number of hydrogen-bond donors (Lipinski definition) is 1. The number of benzene rings is 2. The Balaban J connectivity index is 2.06. The minimum absolute atomic E-state index is 0.266. The largest absolute Gasteiger partial charge is 0.379 e. The van der Waals surface area contributed by atoms with Gasteiger partial charge in [0.05, 0.1) is 17.3 Å². The first kappa shape index (κ1) is 15.9. The predicted octanol–water partition coefficient (Wildman–Crippen LogP) is 3.51. The van der Waals surface area contributed by atoms with Gasteiger partial charge in [-0.05, 0) is 43.9 Å². The van der Waals surface area contributed by atoms with Crippen LogP contribution in [0.25, 0.3) is 0 Å². The third-order valence-corrected chi connectivity index (χ3v) is 3.19. The molecular formula is C17H17F2N3. The number of anilines is 1. The lowest BCUT2D eigenvalue weighted by Gasteiger charge is -2.12. The van der Waals surface area contributed by atoms with Gasteiger partial charge in [-0.3, -0.25) is 0 Å². The Bertz CT molecular complexity index is 706. The second-order valence-corrected chi connectivity index (χ2v) is 5.32. The van der Waals surface area contributed by atoms with Gasteiger partial charge in [-0.1, -0.05) is 12.1 Å². The van der Waals surface area contributed by atoms with E-state index in [4.69, 9.17) is 5.26 Å². The van der Waals surface area contributed by atoms with E-state index in [2.05, 4.69) is 5.32 Å². The predicted molar refractivity (Wildman–Crippen MR) is 82.2 cm³/mol. The number of nitrogens with one attached hydrogen (secondary N) is 1. The molecule has 0 radical (unpaired) electrons. The lowest BCUT2D eigenvalue weighted by atomic mass is 10.1. The van der Waals surface area contributed by atoms with Gasteiger partial charge in [-0.2, -0.15) is 5.26 Å². The van der Waals surface area contributed by atoms with Crippen molar-refractivity contribution in [2.24, 2.45) is 0 Å². The summed E-state index contributed by atoms with van der Waals surface area (Å²) in [7, 11) is 3.76. The molecule has 0 aliphatic rings. The molecule has 0 spiro atoms. The fourth-order valence-corrected chi connectivity index (χ4v) is 2.09. The smallest absolute Gasteiger partial charge is 0.147 e. The van der Waals surface area contributed by atoms with Crippen LogP contribution in [0, 0.1) is 23.0 Å². The molecule has 0 amide bonds. The van der Waals surface area contributed by atoms with Crippen molar-refractivity contribution in [2.45, 2.75) is 13.1 Å². The summed E-state index contributed by atoms with van der Waals surface area (Å²) in [5.41, 5.74) is 1.90. The van der Waals surface area contributed by atoms with Crippen LogP contribution in [0.15, 0.2) is 36.4 Å². The van der Waals surface area contributed by atoms with Gasteiger partial charge in [0.2, 0.25) is 0 Å². The number of hydrogen-bond acceptors (Lipinski definition) is 3. The minimum atomic E-state index is -0.497. The molecule has 0 aliphatic carbocycles. The number of halogens is 2. The lowest BCUT2D eigenvalue weighted by molar-refractivity contribution is 0.392. The van der Waals surface area contributed by atoms with Crippen molar-refractivity contribution < 1.29 is 8.78 Å². The molecule has 1 N–H and O–H groups in total. The van der Waals surface area contributed by atoms with Gasteiger partial charge in [0.1, 0.15) is 11.6 Å². The molecular weight excluding hydrogens is 284 g/mol. The number of nitriles is 1. The van der Waals surface area contributed by atoms with Crippen LogP contribution in [-0.4, -0.2) is 19.0 Å². The molecule has 0 fully saturated rings. The van der Waals surface area contributed by atoms with Crippen molar-refractivity contribution in [2.75, 3.05) is 19.4 Å². The molecule has 0 bridgehead atoms. The van der Waals surface area contributed by atoms with E-state index in [1.807, 2.05) is 31.1 Å². The third-order valence-electron chi connectivity index (χ3n) is 3.19. The van der Waals surface area contributed by atoms with Gasteiger partial charge in [0.15, 0.2) is 0 Å². The van der Waals surface area contributed by atoms with E-state index in [1.165, 1.54) is 24.3 Å². The summed E-state index contributed by atoms with van der Waals surface area (Å²) < 4.78 is 27.7. The number of rotatable bonds is 5. The van der Waals surface area contributed by atoms with Crippen molar-refractivity contribution in [3.05, 3.63) is 64.7 Å². The Labute approximate surface area is 128 Å². The minimum Gasteiger partial charge on any atom is -0.379 e. The Morgan fingerprint density at radius 2 is 1.86 bits per heavy atom. The van der Waals surface area contributed by atoms with Crippen LogP contribution in [0.5, 0.6) is 0 Å². The van der Waals surface area contributed by atoms with Gasteiger partial charge < -0.3 is 10.2 Å². The lowest BCUT2D eigenvalue weighted by Crippen LogP contribution is -2.12. The first-order valence-electron chi connectivity index (χ1n) is 6.85. The average Bonchev–Trinajstić information content (AvgIpc) is 2.48. The molecule has 114 valence electrons. The summed E-state index contributed by atoms with van der Waals surface area (Å²) in [6.07, 6.45) is 0. The van der Waals surface area contributed by atoms with Crippen molar-refractivity contribution in [3.63, 3.8) is 0 Å². The highest BCUT2D eigenvalue weighted by atomic mass is 19.1. The van der Waals surface area contributed by atoms with Crippen LogP contribution in [0.3, 0.4) is 0 Å². The fraction of sp³-hybridized carbons (Fsp3) is 0.235. The Morgan fingerprint density at radius 1 is 1.09 bits per heavy atom. The van der Waals surface area contributed by atoms with E-state index in [-0.39, 0.29) is 17.1 Å². The summed E-state index contributed by atoms with van der Waals surface area (Å²) >= 11 is 0. The van der Waals surface area contributed by atoms with Crippen LogP contribution >= 0.6 is 0 Å². The molecule has 0 atom stereocenters. The molecule has 2 aromatic carbocycles. The average molecular weight is 301 g/mol. The Kier molecular flexibility index (Phi) is 5.08. The summed E-state index contributed by atoms with van der Waals surface area (Å²) in [5.74, 6) is -0.767. The van der Waals surface area contributed by atoms with E-state index in [0.29, 0.717) is 18.7 Å². The molecule has 2 rings (SSSR count). The summed E-state index contributed by atoms with van der Waals surface area (Å²) in [4.78, 5) is 1.89. The summed E-state index contributed by atoms with van der Waals surface area (Å²) in [5, 5.41) is 11.6. The Hall–Kier alpha value is -2.45. The van der Waals surface area contributed by atoms with E-state index in [1.54, 1.807) is 6.07 Å². The van der Waals surface area contributed by atoms with Crippen molar-refractivity contribution in [1.82, 2.24) is 4.90 Å². The molecule has 0 aromatic heterocycles. The molecule has 5 heteroatoms. The zero-order chi connectivity index (χ0) is 16.1. The normalized spacial score (nSPS) is 10.5. The highest BCUT2D eigenvalue weighted by Gasteiger charge is 2.06. The van der Waals surface area contributed by atoms with E-state index >= 15 is 0 Å². The molecule has 3 nitrogen and oxygen atoms in total. The molecule has 2 aromatic rings. The maximum Gasteiger partial charge on any atom is 0.147 e. The first-order valence-corrected chi connectivity index (χ1v) is 6.85. The zero-order valence-electron chi connectivity index (χ0n) is 12.5. The second-order valence-electron chi connectivity index (χ2n) is 5.32. The summed E-state index contributed by atoms with van der Waals surface area (Å²) in [6, 6.07) is 11.1. The highest BCUT2D eigenvalue weighted by molar-refractivity contribution is 5.49. The van der Waals surface area contributed by atoms with Crippen LogP contribution < -0.4 is 5.32 Å². The van der Waals surface area contributed by atoms with Crippen LogP contribution in [-0.2, 0) is 13.1 Å². The quantitative estimate of drug-likeness (QED) is 0.918. The molecule has 0 saturated carbocycles. The van der Waals surface area contributed by atoms with Gasteiger partial charge in [0, 0.05) is 18.7 Å². The third kappa shape index (κ3) is 4.03. The number of nitrogens with zero attached hydrogens (tertiary/aromatic N) is 2. The maximum absolute atomic E-state index is 13.9. The van der Waals surface area contributed by atoms with Crippen LogP contribution in [0.1, 0.15) is 16.7 Å². The van der Waals surface area contributed by atoms with Crippen molar-refractivity contribution in [3.8, 4) is 6.07 Å². The van der Waals surface area contributed by atoms with Gasteiger partial charge in [-0.25, -0.2) is 8.78 Å². The Morgan fingerprint density at radius 3 is 2.45 bits per heavy atom. The van der Waals surface area contributed by atoms with Gasteiger partial charge >= 0.3 is 0 Å². The standard InChI is InChI=1S/C17H17F2N3/c1-22(2)11-14-5-3-13(8-15(14)18)10-21-17-6-4-12(9-20)7-16(17)19/h3-8,21H,10-11H2,1-2H3. The molecule has 0 unspecified atom stereocenters. The van der Waals surface area contributed by atoms with Crippen LogP contribution in [0.2, 0.25) is 0 Å². The second kappa shape index (κ2) is 7.01. The van der Waals surface area contributed by atoms with Crippen LogP contribution in [0.4, 0.5) is 14.5 Å². The maximum atomic E-state index is 13.9. The fourth-order valence-electron chi connectivity index (χ4n) is 2.09. The monoisotopic (exact) mass is 301 g/mol. The van der Waals surface area contributed by atoms with E-state index in [9.17, 15) is 8.78 Å². The van der Waals surface area contributed by atoms with Crippen molar-refractivity contribution >= 4 is 5.69 Å².